The van der Waals surface area contributed by atoms with Crippen LogP contribution in [0.4, 0.5) is 5.69 Å². The van der Waals surface area contributed by atoms with Crippen molar-refractivity contribution in [1.82, 2.24) is 0 Å². The lowest BCUT2D eigenvalue weighted by molar-refractivity contribution is 0.421. The molecule has 0 aliphatic heterocycles. The summed E-state index contributed by atoms with van der Waals surface area (Å²) in [5.41, 5.74) is 2.65. The lowest BCUT2D eigenvalue weighted by Crippen LogP contribution is -2.20. The highest BCUT2D eigenvalue weighted by atomic mass is 79.9. The molecule has 2 atom stereocenters. The third-order valence-corrected chi connectivity index (χ3v) is 4.29. The number of halogens is 2. The summed E-state index contributed by atoms with van der Waals surface area (Å²) in [5, 5.41) is 4.28. The van der Waals surface area contributed by atoms with Crippen molar-refractivity contribution in [2.45, 2.75) is 26.7 Å². The van der Waals surface area contributed by atoms with Crippen molar-refractivity contribution in [1.29, 1.82) is 0 Å². The summed E-state index contributed by atoms with van der Waals surface area (Å²) >= 11 is 9.48. The van der Waals surface area contributed by atoms with Gasteiger partial charge in [0.15, 0.2) is 0 Å². The zero-order chi connectivity index (χ0) is 13.1. The van der Waals surface area contributed by atoms with Crippen LogP contribution in [0.5, 0.6) is 0 Å². The van der Waals surface area contributed by atoms with Gasteiger partial charge in [0, 0.05) is 21.7 Å². The first-order valence-electron chi connectivity index (χ1n) is 6.41. The number of hydrogen-bond acceptors (Lipinski definition) is 1. The molecule has 1 aliphatic rings. The quantitative estimate of drug-likeness (QED) is 0.722. The van der Waals surface area contributed by atoms with Crippen LogP contribution in [0.1, 0.15) is 26.7 Å². The van der Waals surface area contributed by atoms with E-state index >= 15 is 0 Å². The molecular formula is C15H19BrClN. The molecule has 0 amide bonds. The van der Waals surface area contributed by atoms with E-state index in [1.807, 2.05) is 18.2 Å². The third-order valence-electron chi connectivity index (χ3n) is 3.40. The van der Waals surface area contributed by atoms with E-state index in [-0.39, 0.29) is 0 Å². The first-order chi connectivity index (χ1) is 8.54. The first-order valence-corrected chi connectivity index (χ1v) is 7.58. The van der Waals surface area contributed by atoms with E-state index in [2.05, 4.69) is 41.2 Å². The highest BCUT2D eigenvalue weighted by molar-refractivity contribution is 9.10. The van der Waals surface area contributed by atoms with Gasteiger partial charge < -0.3 is 5.32 Å². The minimum Gasteiger partial charge on any atom is -0.384 e. The highest BCUT2D eigenvalue weighted by Crippen LogP contribution is 2.30. The van der Waals surface area contributed by atoms with E-state index in [1.165, 1.54) is 18.4 Å². The molecule has 0 heterocycles. The van der Waals surface area contributed by atoms with E-state index in [1.54, 1.807) is 0 Å². The van der Waals surface area contributed by atoms with Gasteiger partial charge in [0.05, 0.1) is 0 Å². The topological polar surface area (TPSA) is 12.0 Å². The summed E-state index contributed by atoms with van der Waals surface area (Å²) in [5.74, 6) is 1.44. The largest absolute Gasteiger partial charge is 0.384 e. The summed E-state index contributed by atoms with van der Waals surface area (Å²) in [7, 11) is 0. The van der Waals surface area contributed by atoms with E-state index in [0.29, 0.717) is 5.92 Å². The molecule has 3 heteroatoms. The number of anilines is 1. The van der Waals surface area contributed by atoms with Crippen molar-refractivity contribution in [3.63, 3.8) is 0 Å². The summed E-state index contributed by atoms with van der Waals surface area (Å²) in [6.45, 7) is 5.56. The smallest absolute Gasteiger partial charge is 0.0485 e. The minimum absolute atomic E-state index is 0.708. The van der Waals surface area contributed by atoms with Crippen LogP contribution in [0.25, 0.3) is 0 Å². The normalized spacial score (nSPS) is 23.7. The maximum atomic E-state index is 5.94. The van der Waals surface area contributed by atoms with Crippen LogP contribution in [0.2, 0.25) is 5.02 Å². The second-order valence-corrected chi connectivity index (χ2v) is 6.59. The number of allylic oxidation sites excluding steroid dienone is 2. The minimum atomic E-state index is 0.708. The number of nitrogens with one attached hydrogen (secondary N) is 1. The standard InChI is InChI=1S/C15H19BrClN/c1-10-5-11(2)7-12(6-10)9-18-15-4-3-13(17)8-14(15)16/h3-5,8,10,12,18H,6-7,9H2,1-2H3. The molecule has 1 aliphatic carbocycles. The highest BCUT2D eigenvalue weighted by Gasteiger charge is 2.17. The molecule has 0 radical (unpaired) electrons. The van der Waals surface area contributed by atoms with Crippen molar-refractivity contribution in [2.75, 3.05) is 11.9 Å². The van der Waals surface area contributed by atoms with Crippen LogP contribution < -0.4 is 5.32 Å². The van der Waals surface area contributed by atoms with Gasteiger partial charge in [0.1, 0.15) is 0 Å². The maximum absolute atomic E-state index is 5.94. The Kier molecular flexibility index (Phi) is 4.74. The van der Waals surface area contributed by atoms with Crippen LogP contribution in [0.3, 0.4) is 0 Å². The fourth-order valence-electron chi connectivity index (χ4n) is 2.73. The molecule has 0 aromatic heterocycles. The van der Waals surface area contributed by atoms with Gasteiger partial charge in [-0.05, 0) is 65.7 Å². The van der Waals surface area contributed by atoms with Crippen molar-refractivity contribution in [3.8, 4) is 0 Å². The zero-order valence-corrected chi connectivity index (χ0v) is 13.2. The van der Waals surface area contributed by atoms with E-state index in [4.69, 9.17) is 11.6 Å². The molecule has 0 saturated heterocycles. The molecule has 98 valence electrons. The van der Waals surface area contributed by atoms with Gasteiger partial charge in [-0.25, -0.2) is 0 Å². The molecule has 1 N–H and O–H groups in total. The fourth-order valence-corrected chi connectivity index (χ4v) is 3.55. The second-order valence-electron chi connectivity index (χ2n) is 5.30. The van der Waals surface area contributed by atoms with Gasteiger partial charge in [-0.15, -0.1) is 0 Å². The van der Waals surface area contributed by atoms with Crippen LogP contribution >= 0.6 is 27.5 Å². The van der Waals surface area contributed by atoms with Gasteiger partial charge in [0.2, 0.25) is 0 Å². The molecule has 0 bridgehead atoms. The fraction of sp³-hybridized carbons (Fsp3) is 0.467. The molecule has 0 saturated carbocycles. The maximum Gasteiger partial charge on any atom is 0.0485 e. The SMILES string of the molecule is CC1=CC(C)CC(CNc2ccc(Cl)cc2Br)C1. The third kappa shape index (κ3) is 3.76. The summed E-state index contributed by atoms with van der Waals surface area (Å²) in [6, 6.07) is 5.88. The van der Waals surface area contributed by atoms with Crippen LogP contribution in [-0.4, -0.2) is 6.54 Å². The number of benzene rings is 1. The summed E-state index contributed by atoms with van der Waals surface area (Å²) in [6.07, 6.45) is 4.88. The molecule has 1 aromatic rings. The van der Waals surface area contributed by atoms with Crippen LogP contribution in [-0.2, 0) is 0 Å². The molecule has 0 spiro atoms. The Morgan fingerprint density at radius 2 is 2.22 bits per heavy atom. The molecule has 1 nitrogen and oxygen atoms in total. The zero-order valence-electron chi connectivity index (χ0n) is 10.8. The van der Waals surface area contributed by atoms with E-state index in [9.17, 15) is 0 Å². The molecular weight excluding hydrogens is 310 g/mol. The Bertz CT molecular complexity index is 456. The summed E-state index contributed by atoms with van der Waals surface area (Å²) in [4.78, 5) is 0. The Morgan fingerprint density at radius 1 is 1.44 bits per heavy atom. The van der Waals surface area contributed by atoms with Crippen LogP contribution in [0, 0.1) is 11.8 Å². The predicted molar refractivity (Wildman–Crippen MR) is 83.3 cm³/mol. The predicted octanol–water partition coefficient (Wildman–Crippen LogP) is 5.51. The van der Waals surface area contributed by atoms with Gasteiger partial charge in [-0.3, -0.25) is 0 Å². The lowest BCUT2D eigenvalue weighted by Gasteiger charge is -2.26. The average molecular weight is 329 g/mol. The van der Waals surface area contributed by atoms with Crippen molar-refractivity contribution >= 4 is 33.2 Å². The molecule has 18 heavy (non-hydrogen) atoms. The average Bonchev–Trinajstić information content (AvgIpc) is 2.26. The first kappa shape index (κ1) is 14.0. The lowest BCUT2D eigenvalue weighted by atomic mass is 9.84. The van der Waals surface area contributed by atoms with Gasteiger partial charge in [0.25, 0.3) is 0 Å². The van der Waals surface area contributed by atoms with Crippen molar-refractivity contribution in [3.05, 3.63) is 39.3 Å². The molecule has 0 fully saturated rings. The Balaban J connectivity index is 1.94. The molecule has 2 rings (SSSR count). The van der Waals surface area contributed by atoms with E-state index in [0.717, 1.165) is 27.6 Å². The Morgan fingerprint density at radius 3 is 2.89 bits per heavy atom. The monoisotopic (exact) mass is 327 g/mol. The second kappa shape index (κ2) is 6.12. The Labute approximate surface area is 123 Å². The molecule has 1 aromatic carbocycles. The van der Waals surface area contributed by atoms with Gasteiger partial charge >= 0.3 is 0 Å². The van der Waals surface area contributed by atoms with E-state index < -0.39 is 0 Å². The number of rotatable bonds is 3. The van der Waals surface area contributed by atoms with Gasteiger partial charge in [-0.2, -0.15) is 0 Å². The van der Waals surface area contributed by atoms with Gasteiger partial charge in [-0.1, -0.05) is 30.2 Å². The van der Waals surface area contributed by atoms with Crippen LogP contribution in [0.15, 0.2) is 34.3 Å². The Hall–Kier alpha value is -0.470. The van der Waals surface area contributed by atoms with Crippen molar-refractivity contribution in [2.24, 2.45) is 11.8 Å². The number of hydrogen-bond donors (Lipinski definition) is 1. The molecule has 2 unspecified atom stereocenters. The van der Waals surface area contributed by atoms with Crippen molar-refractivity contribution < 1.29 is 0 Å². The summed E-state index contributed by atoms with van der Waals surface area (Å²) < 4.78 is 1.03.